The van der Waals surface area contributed by atoms with E-state index >= 15 is 0 Å². The number of aryl methyl sites for hydroxylation is 1. The normalized spacial score (nSPS) is 14.3. The Morgan fingerprint density at radius 1 is 0.971 bits per heavy atom. The van der Waals surface area contributed by atoms with Gasteiger partial charge in [-0.3, -0.25) is 14.4 Å². The number of amides is 3. The molecule has 0 radical (unpaired) electrons. The first-order chi connectivity index (χ1) is 17.0. The Balaban J connectivity index is 1.64. The molecule has 0 aliphatic heterocycles. The number of rotatable bonds is 9. The van der Waals surface area contributed by atoms with Crippen molar-refractivity contribution in [3.05, 3.63) is 95.4 Å². The van der Waals surface area contributed by atoms with Gasteiger partial charge in [-0.25, -0.2) is 0 Å². The summed E-state index contributed by atoms with van der Waals surface area (Å²) in [6.45, 7) is 1.91. The van der Waals surface area contributed by atoms with Gasteiger partial charge in [0, 0.05) is 12.6 Å². The van der Waals surface area contributed by atoms with E-state index in [9.17, 15) is 14.4 Å². The van der Waals surface area contributed by atoms with Crippen LogP contribution in [0, 0.1) is 6.92 Å². The largest absolute Gasteiger partial charge is 0.459 e. The van der Waals surface area contributed by atoms with Gasteiger partial charge >= 0.3 is 0 Å². The maximum absolute atomic E-state index is 13.7. The molecule has 1 aromatic heterocycles. The van der Waals surface area contributed by atoms with Crippen LogP contribution in [0.25, 0.3) is 0 Å². The highest BCUT2D eigenvalue weighted by Gasteiger charge is 2.34. The lowest BCUT2D eigenvalue weighted by atomic mass is 9.97. The van der Waals surface area contributed by atoms with Crippen LogP contribution in [0.1, 0.15) is 59.0 Å². The smallest absolute Gasteiger partial charge is 0.287 e. The highest BCUT2D eigenvalue weighted by molar-refractivity contribution is 5.95. The van der Waals surface area contributed by atoms with E-state index in [0.717, 1.165) is 42.4 Å². The fourth-order valence-corrected chi connectivity index (χ4v) is 4.55. The van der Waals surface area contributed by atoms with Gasteiger partial charge in [-0.2, -0.15) is 0 Å². The summed E-state index contributed by atoms with van der Waals surface area (Å²) in [7, 11) is 0. The molecule has 35 heavy (non-hydrogen) atoms. The lowest BCUT2D eigenvalue weighted by Gasteiger charge is -2.33. The van der Waals surface area contributed by atoms with Crippen LogP contribution in [0.3, 0.4) is 0 Å². The van der Waals surface area contributed by atoms with Crippen LogP contribution in [0.2, 0.25) is 0 Å². The highest BCUT2D eigenvalue weighted by Crippen LogP contribution is 2.28. The molecule has 7 nitrogen and oxygen atoms in total. The molecule has 0 bridgehead atoms. The Morgan fingerprint density at radius 3 is 2.37 bits per heavy atom. The summed E-state index contributed by atoms with van der Waals surface area (Å²) in [5.74, 6) is -0.913. The minimum absolute atomic E-state index is 0.112. The van der Waals surface area contributed by atoms with Gasteiger partial charge in [-0.1, -0.05) is 67.4 Å². The summed E-state index contributed by atoms with van der Waals surface area (Å²) in [6.07, 6.45) is 5.47. The Bertz CT molecular complexity index is 1140. The first-order valence-electron chi connectivity index (χ1n) is 12.0. The number of hydrogen-bond donors (Lipinski definition) is 2. The summed E-state index contributed by atoms with van der Waals surface area (Å²) >= 11 is 0. The van der Waals surface area contributed by atoms with Gasteiger partial charge in [0.25, 0.3) is 5.91 Å². The molecule has 3 amide bonds. The summed E-state index contributed by atoms with van der Waals surface area (Å²) in [5, 5.41) is 5.81. The van der Waals surface area contributed by atoms with E-state index in [1.165, 1.54) is 12.3 Å². The number of carbonyl (C=O) groups is 3. The molecule has 0 saturated heterocycles. The molecule has 1 aliphatic carbocycles. The van der Waals surface area contributed by atoms with Crippen LogP contribution in [0.15, 0.2) is 77.4 Å². The fraction of sp³-hybridized carbons (Fsp3) is 0.321. The highest BCUT2D eigenvalue weighted by atomic mass is 16.3. The van der Waals surface area contributed by atoms with Crippen molar-refractivity contribution in [2.75, 3.05) is 6.54 Å². The zero-order valence-corrected chi connectivity index (χ0v) is 19.9. The summed E-state index contributed by atoms with van der Waals surface area (Å²) in [5.41, 5.74) is 2.58. The van der Waals surface area contributed by atoms with E-state index in [1.807, 2.05) is 61.5 Å². The van der Waals surface area contributed by atoms with Crippen molar-refractivity contribution in [2.45, 2.75) is 51.2 Å². The topological polar surface area (TPSA) is 91.7 Å². The van der Waals surface area contributed by atoms with Gasteiger partial charge in [-0.15, -0.1) is 0 Å². The van der Waals surface area contributed by atoms with E-state index < -0.39 is 11.9 Å². The molecule has 182 valence electrons. The first-order valence-corrected chi connectivity index (χ1v) is 12.0. The fourth-order valence-electron chi connectivity index (χ4n) is 4.55. The molecule has 2 aromatic carbocycles. The number of nitrogens with zero attached hydrogens (tertiary/aromatic N) is 1. The van der Waals surface area contributed by atoms with Crippen LogP contribution >= 0.6 is 0 Å². The molecule has 1 aliphatic rings. The second-order valence-corrected chi connectivity index (χ2v) is 8.92. The Hall–Kier alpha value is -3.87. The van der Waals surface area contributed by atoms with Crippen LogP contribution in [0.4, 0.5) is 0 Å². The molecule has 4 rings (SSSR count). The zero-order chi connectivity index (χ0) is 24.6. The van der Waals surface area contributed by atoms with Gasteiger partial charge in [0.2, 0.25) is 11.8 Å². The first kappa shape index (κ1) is 24.3. The zero-order valence-electron chi connectivity index (χ0n) is 19.9. The Labute approximate surface area is 205 Å². The van der Waals surface area contributed by atoms with E-state index in [2.05, 4.69) is 10.6 Å². The predicted octanol–water partition coefficient (Wildman–Crippen LogP) is 4.15. The SMILES string of the molecule is Cc1ccccc1[C@H](C(=O)NC1CCCC1)N(Cc1ccccc1)C(=O)CNC(=O)c1ccco1. The Morgan fingerprint density at radius 2 is 1.69 bits per heavy atom. The summed E-state index contributed by atoms with van der Waals surface area (Å²) in [6, 6.07) is 19.6. The van der Waals surface area contributed by atoms with Crippen molar-refractivity contribution in [1.29, 1.82) is 0 Å². The lowest BCUT2D eigenvalue weighted by Crippen LogP contribution is -2.48. The molecule has 3 aromatic rings. The van der Waals surface area contributed by atoms with E-state index in [0.29, 0.717) is 0 Å². The number of hydrogen-bond acceptors (Lipinski definition) is 4. The number of benzene rings is 2. The second-order valence-electron chi connectivity index (χ2n) is 8.92. The summed E-state index contributed by atoms with van der Waals surface area (Å²) in [4.78, 5) is 41.2. The summed E-state index contributed by atoms with van der Waals surface area (Å²) < 4.78 is 5.13. The number of furan rings is 1. The van der Waals surface area contributed by atoms with Gasteiger partial charge in [0.15, 0.2) is 5.76 Å². The van der Waals surface area contributed by atoms with Gasteiger partial charge < -0.3 is 20.0 Å². The van der Waals surface area contributed by atoms with Gasteiger partial charge in [0.05, 0.1) is 12.8 Å². The molecule has 1 atom stereocenters. The molecule has 1 saturated carbocycles. The molecular weight excluding hydrogens is 442 g/mol. The average Bonchev–Trinajstić information content (AvgIpc) is 3.58. The van der Waals surface area contributed by atoms with Gasteiger partial charge in [0.1, 0.15) is 6.04 Å². The van der Waals surface area contributed by atoms with Crippen molar-refractivity contribution in [2.24, 2.45) is 0 Å². The van der Waals surface area contributed by atoms with Crippen molar-refractivity contribution in [3.8, 4) is 0 Å². The van der Waals surface area contributed by atoms with Crippen LogP contribution in [-0.2, 0) is 16.1 Å². The lowest BCUT2D eigenvalue weighted by molar-refractivity contribution is -0.141. The molecule has 1 heterocycles. The van der Waals surface area contributed by atoms with E-state index in [-0.39, 0.29) is 36.7 Å². The van der Waals surface area contributed by atoms with E-state index in [1.54, 1.807) is 11.0 Å². The average molecular weight is 474 g/mol. The molecule has 0 spiro atoms. The van der Waals surface area contributed by atoms with Gasteiger partial charge in [-0.05, 0) is 48.6 Å². The van der Waals surface area contributed by atoms with Crippen molar-refractivity contribution in [1.82, 2.24) is 15.5 Å². The van der Waals surface area contributed by atoms with Crippen molar-refractivity contribution in [3.63, 3.8) is 0 Å². The van der Waals surface area contributed by atoms with Crippen molar-refractivity contribution >= 4 is 17.7 Å². The predicted molar refractivity (Wildman–Crippen MR) is 132 cm³/mol. The third-order valence-electron chi connectivity index (χ3n) is 6.41. The minimum Gasteiger partial charge on any atom is -0.459 e. The third-order valence-corrected chi connectivity index (χ3v) is 6.41. The minimum atomic E-state index is -0.829. The van der Waals surface area contributed by atoms with Crippen molar-refractivity contribution < 1.29 is 18.8 Å². The number of nitrogens with one attached hydrogen (secondary N) is 2. The molecular formula is C28H31N3O4. The molecule has 1 fully saturated rings. The van der Waals surface area contributed by atoms with Crippen LogP contribution < -0.4 is 10.6 Å². The maximum Gasteiger partial charge on any atom is 0.287 e. The molecule has 7 heteroatoms. The maximum atomic E-state index is 13.7. The third kappa shape index (κ3) is 6.18. The van der Waals surface area contributed by atoms with Crippen LogP contribution in [0.5, 0.6) is 0 Å². The van der Waals surface area contributed by atoms with Crippen LogP contribution in [-0.4, -0.2) is 35.2 Å². The monoisotopic (exact) mass is 473 g/mol. The Kier molecular flexibility index (Phi) is 7.98. The molecule has 2 N–H and O–H groups in total. The second kappa shape index (κ2) is 11.5. The standard InChI is InChI=1S/C28H31N3O4/c1-20-10-5-8-15-23(20)26(28(34)30-22-13-6-7-14-22)31(19-21-11-3-2-4-12-21)25(32)18-29-27(33)24-16-9-17-35-24/h2-5,8-12,15-17,22,26H,6-7,13-14,18-19H2,1H3,(H,29,33)(H,30,34)/t26-/m1/s1. The quantitative estimate of drug-likeness (QED) is 0.489. The number of carbonyl (C=O) groups excluding carboxylic acids is 3. The molecule has 0 unspecified atom stereocenters. The van der Waals surface area contributed by atoms with E-state index in [4.69, 9.17) is 4.42 Å².